The largest absolute Gasteiger partial charge is 0.339 e. The molecule has 2 heterocycles. The molecule has 19 heavy (non-hydrogen) atoms. The highest BCUT2D eigenvalue weighted by Gasteiger charge is 2.16. The Morgan fingerprint density at radius 3 is 3.11 bits per heavy atom. The lowest BCUT2D eigenvalue weighted by atomic mass is 10.0. The molecule has 0 N–H and O–H groups in total. The zero-order chi connectivity index (χ0) is 13.1. The van der Waals surface area contributed by atoms with Crippen molar-refractivity contribution in [1.82, 2.24) is 19.7 Å². The summed E-state index contributed by atoms with van der Waals surface area (Å²) >= 11 is 0. The Balaban J connectivity index is 1.71. The van der Waals surface area contributed by atoms with Gasteiger partial charge in [0.15, 0.2) is 5.82 Å². The number of hydrogen-bond acceptors (Lipinski definition) is 4. The number of fused-ring (bicyclic) bond motifs is 1. The molecular formula is C14H20N4O. The highest BCUT2D eigenvalue weighted by molar-refractivity contribution is 5.17. The summed E-state index contributed by atoms with van der Waals surface area (Å²) in [5.41, 5.74) is 2.60. The van der Waals surface area contributed by atoms with Crippen molar-refractivity contribution >= 4 is 0 Å². The van der Waals surface area contributed by atoms with Gasteiger partial charge in [0, 0.05) is 12.1 Å². The van der Waals surface area contributed by atoms with E-state index in [0.29, 0.717) is 6.54 Å². The Morgan fingerprint density at radius 1 is 1.32 bits per heavy atom. The van der Waals surface area contributed by atoms with Crippen LogP contribution in [-0.4, -0.2) is 19.7 Å². The number of hydrogen-bond donors (Lipinski definition) is 0. The zero-order valence-electron chi connectivity index (χ0n) is 11.4. The lowest BCUT2D eigenvalue weighted by Gasteiger charge is -2.12. The summed E-state index contributed by atoms with van der Waals surface area (Å²) in [5.74, 6) is 1.52. The van der Waals surface area contributed by atoms with Gasteiger partial charge in [-0.2, -0.15) is 4.98 Å². The fraction of sp³-hybridized carbons (Fsp3) is 0.643. The smallest absolute Gasteiger partial charge is 0.226 e. The second-order valence-corrected chi connectivity index (χ2v) is 5.18. The van der Waals surface area contributed by atoms with Crippen molar-refractivity contribution < 1.29 is 4.52 Å². The number of imidazole rings is 1. The molecule has 2 aromatic heterocycles. The molecule has 2 aromatic rings. The maximum absolute atomic E-state index is 5.26. The highest BCUT2D eigenvalue weighted by atomic mass is 16.5. The maximum Gasteiger partial charge on any atom is 0.226 e. The normalized spacial score (nSPS) is 14.6. The van der Waals surface area contributed by atoms with E-state index in [9.17, 15) is 0 Å². The van der Waals surface area contributed by atoms with Crippen molar-refractivity contribution in [3.63, 3.8) is 0 Å². The SMILES string of the molecule is CCCCc1nc(Cn2cnc3c2CCCC3)no1. The Labute approximate surface area is 113 Å². The Hall–Kier alpha value is -1.65. The fourth-order valence-electron chi connectivity index (χ4n) is 2.60. The first-order valence-corrected chi connectivity index (χ1v) is 7.21. The molecule has 1 aliphatic rings. The Bertz CT molecular complexity index is 543. The van der Waals surface area contributed by atoms with E-state index in [4.69, 9.17) is 4.52 Å². The average molecular weight is 260 g/mol. The van der Waals surface area contributed by atoms with Gasteiger partial charge in [-0.3, -0.25) is 0 Å². The van der Waals surface area contributed by atoms with Crippen LogP contribution < -0.4 is 0 Å². The Kier molecular flexibility index (Phi) is 3.62. The molecule has 0 fully saturated rings. The molecule has 5 heteroatoms. The van der Waals surface area contributed by atoms with Crippen LogP contribution in [0.2, 0.25) is 0 Å². The third-order valence-electron chi connectivity index (χ3n) is 3.68. The standard InChI is InChI=1S/C14H20N4O/c1-2-3-8-14-16-13(17-19-14)9-18-10-15-11-6-4-5-7-12(11)18/h10H,2-9H2,1H3. The first-order valence-electron chi connectivity index (χ1n) is 7.21. The lowest BCUT2D eigenvalue weighted by molar-refractivity contribution is 0.369. The monoisotopic (exact) mass is 260 g/mol. The van der Waals surface area contributed by atoms with Gasteiger partial charge in [0.25, 0.3) is 0 Å². The minimum atomic E-state index is 0.679. The topological polar surface area (TPSA) is 56.7 Å². The van der Waals surface area contributed by atoms with Crippen molar-refractivity contribution in [2.75, 3.05) is 0 Å². The maximum atomic E-state index is 5.26. The number of rotatable bonds is 5. The molecule has 102 valence electrons. The molecule has 0 amide bonds. The first kappa shape index (κ1) is 12.4. The van der Waals surface area contributed by atoms with Crippen molar-refractivity contribution in [1.29, 1.82) is 0 Å². The van der Waals surface area contributed by atoms with Gasteiger partial charge in [0.05, 0.1) is 18.6 Å². The second-order valence-electron chi connectivity index (χ2n) is 5.18. The van der Waals surface area contributed by atoms with Gasteiger partial charge >= 0.3 is 0 Å². The van der Waals surface area contributed by atoms with Gasteiger partial charge in [-0.05, 0) is 32.1 Å². The van der Waals surface area contributed by atoms with Crippen LogP contribution in [0.5, 0.6) is 0 Å². The van der Waals surface area contributed by atoms with Crippen LogP contribution in [0.4, 0.5) is 0 Å². The van der Waals surface area contributed by atoms with E-state index in [1.165, 1.54) is 24.2 Å². The molecule has 0 unspecified atom stereocenters. The van der Waals surface area contributed by atoms with Crippen LogP contribution in [0.3, 0.4) is 0 Å². The molecule has 0 saturated heterocycles. The fourth-order valence-corrected chi connectivity index (χ4v) is 2.60. The van der Waals surface area contributed by atoms with Crippen LogP contribution in [0, 0.1) is 0 Å². The van der Waals surface area contributed by atoms with Crippen LogP contribution in [0.1, 0.15) is 55.7 Å². The van der Waals surface area contributed by atoms with Crippen molar-refractivity contribution in [2.45, 2.75) is 58.4 Å². The summed E-state index contributed by atoms with van der Waals surface area (Å²) in [6.07, 6.45) is 9.78. The highest BCUT2D eigenvalue weighted by Crippen LogP contribution is 2.20. The number of unbranched alkanes of at least 4 members (excludes halogenated alkanes) is 1. The third-order valence-corrected chi connectivity index (χ3v) is 3.68. The van der Waals surface area contributed by atoms with Gasteiger partial charge in [-0.25, -0.2) is 4.98 Å². The van der Waals surface area contributed by atoms with E-state index in [2.05, 4.69) is 26.6 Å². The van der Waals surface area contributed by atoms with Crippen molar-refractivity contribution in [3.8, 4) is 0 Å². The molecule has 0 spiro atoms. The minimum Gasteiger partial charge on any atom is -0.339 e. The van der Waals surface area contributed by atoms with E-state index in [1.807, 2.05) is 6.33 Å². The Morgan fingerprint density at radius 2 is 2.21 bits per heavy atom. The van der Waals surface area contributed by atoms with Crippen LogP contribution >= 0.6 is 0 Å². The van der Waals surface area contributed by atoms with E-state index >= 15 is 0 Å². The summed E-state index contributed by atoms with van der Waals surface area (Å²) < 4.78 is 7.43. The van der Waals surface area contributed by atoms with Crippen LogP contribution in [-0.2, 0) is 25.8 Å². The van der Waals surface area contributed by atoms with Crippen LogP contribution in [0.15, 0.2) is 10.9 Å². The first-order chi connectivity index (χ1) is 9.36. The predicted molar refractivity (Wildman–Crippen MR) is 70.9 cm³/mol. The summed E-state index contributed by atoms with van der Waals surface area (Å²) in [6, 6.07) is 0. The van der Waals surface area contributed by atoms with Crippen molar-refractivity contribution in [3.05, 3.63) is 29.4 Å². The molecule has 3 rings (SSSR count). The van der Waals surface area contributed by atoms with Crippen LogP contribution in [0.25, 0.3) is 0 Å². The third kappa shape index (κ3) is 2.69. The summed E-state index contributed by atoms with van der Waals surface area (Å²) in [6.45, 7) is 2.84. The predicted octanol–water partition coefficient (Wildman–Crippen LogP) is 2.54. The van der Waals surface area contributed by atoms with Gasteiger partial charge in [0.2, 0.25) is 5.89 Å². The van der Waals surface area contributed by atoms with E-state index < -0.39 is 0 Å². The van der Waals surface area contributed by atoms with Gasteiger partial charge in [0.1, 0.15) is 0 Å². The van der Waals surface area contributed by atoms with Gasteiger partial charge in [-0.15, -0.1) is 0 Å². The summed E-state index contributed by atoms with van der Waals surface area (Å²) in [4.78, 5) is 8.93. The molecular weight excluding hydrogens is 240 g/mol. The lowest BCUT2D eigenvalue weighted by Crippen LogP contribution is -2.09. The molecule has 0 saturated carbocycles. The number of aromatic nitrogens is 4. The van der Waals surface area contributed by atoms with E-state index in [0.717, 1.165) is 43.8 Å². The van der Waals surface area contributed by atoms with Gasteiger partial charge in [-0.1, -0.05) is 18.5 Å². The molecule has 0 aromatic carbocycles. The molecule has 5 nitrogen and oxygen atoms in total. The molecule has 1 aliphatic carbocycles. The molecule has 0 bridgehead atoms. The molecule has 0 atom stereocenters. The second kappa shape index (κ2) is 5.55. The summed E-state index contributed by atoms with van der Waals surface area (Å²) in [5, 5.41) is 4.06. The van der Waals surface area contributed by atoms with E-state index in [-0.39, 0.29) is 0 Å². The summed E-state index contributed by atoms with van der Waals surface area (Å²) in [7, 11) is 0. The molecule has 0 aliphatic heterocycles. The number of nitrogens with zero attached hydrogens (tertiary/aromatic N) is 4. The van der Waals surface area contributed by atoms with Gasteiger partial charge < -0.3 is 9.09 Å². The zero-order valence-corrected chi connectivity index (χ0v) is 11.4. The minimum absolute atomic E-state index is 0.679. The number of aryl methyl sites for hydroxylation is 2. The van der Waals surface area contributed by atoms with E-state index in [1.54, 1.807) is 0 Å². The quantitative estimate of drug-likeness (QED) is 0.829. The molecule has 0 radical (unpaired) electrons. The van der Waals surface area contributed by atoms with Crippen molar-refractivity contribution in [2.24, 2.45) is 0 Å². The average Bonchev–Trinajstić information content (AvgIpc) is 3.05.